The number of nitrogens with one attached hydrogen (secondary N) is 1. The number of halogens is 1. The van der Waals surface area contributed by atoms with E-state index in [0.29, 0.717) is 30.2 Å². The predicted molar refractivity (Wildman–Crippen MR) is 106 cm³/mol. The van der Waals surface area contributed by atoms with Gasteiger partial charge in [-0.2, -0.15) is 10.2 Å². The summed E-state index contributed by atoms with van der Waals surface area (Å²) in [6, 6.07) is 7.62. The van der Waals surface area contributed by atoms with Crippen LogP contribution in [0.2, 0.25) is 0 Å². The number of hydrogen-bond donors (Lipinski definition) is 2. The van der Waals surface area contributed by atoms with Crippen molar-refractivity contribution < 1.29 is 17.5 Å². The van der Waals surface area contributed by atoms with Crippen LogP contribution in [0.3, 0.4) is 0 Å². The summed E-state index contributed by atoms with van der Waals surface area (Å²) in [6.45, 7) is 2.85. The Balaban J connectivity index is 1.88. The Morgan fingerprint density at radius 2 is 2.17 bits per heavy atom. The molecule has 1 saturated heterocycles. The molecule has 3 rings (SSSR count). The topological polar surface area (TPSA) is 134 Å². The fraction of sp³-hybridized carbons (Fsp3) is 0.389. The molecule has 3 N–H and O–H groups in total. The molecule has 0 aliphatic carbocycles. The van der Waals surface area contributed by atoms with Crippen LogP contribution in [-0.4, -0.2) is 56.5 Å². The highest BCUT2D eigenvalue weighted by Gasteiger charge is 2.28. The highest BCUT2D eigenvalue weighted by Crippen LogP contribution is 2.27. The molecule has 1 aliphatic rings. The van der Waals surface area contributed by atoms with E-state index in [1.807, 2.05) is 11.8 Å². The molecule has 29 heavy (non-hydrogen) atoms. The molecular formula is C18H21FN6O3S. The quantitative estimate of drug-likeness (QED) is 0.728. The molecule has 2 heterocycles. The first-order chi connectivity index (χ1) is 13.7. The maximum Gasteiger partial charge on any atom is 0.222 e. The zero-order valence-corrected chi connectivity index (χ0v) is 16.8. The van der Waals surface area contributed by atoms with E-state index in [2.05, 4.69) is 14.7 Å². The van der Waals surface area contributed by atoms with E-state index in [1.54, 1.807) is 18.2 Å². The lowest BCUT2D eigenvalue weighted by Gasteiger charge is -2.39. The second-order valence-corrected chi connectivity index (χ2v) is 8.69. The Labute approximate surface area is 168 Å². The Kier molecular flexibility index (Phi) is 5.97. The van der Waals surface area contributed by atoms with Crippen LogP contribution in [0.4, 0.5) is 16.2 Å². The van der Waals surface area contributed by atoms with Crippen LogP contribution in [0.15, 0.2) is 24.3 Å². The van der Waals surface area contributed by atoms with E-state index < -0.39 is 15.8 Å². The first kappa shape index (κ1) is 20.9. The maximum absolute atomic E-state index is 14.0. The third-order valence-corrected chi connectivity index (χ3v) is 5.18. The molecule has 1 aliphatic heterocycles. The number of hydrogen-bond acceptors (Lipinski definition) is 8. The number of nitriles is 1. The second kappa shape index (κ2) is 8.28. The molecule has 11 heteroatoms. The van der Waals surface area contributed by atoms with E-state index in [4.69, 9.17) is 15.7 Å². The minimum Gasteiger partial charge on any atom is -0.373 e. The van der Waals surface area contributed by atoms with Crippen molar-refractivity contribution in [1.82, 2.24) is 14.7 Å². The molecular weight excluding hydrogens is 399 g/mol. The van der Waals surface area contributed by atoms with E-state index in [9.17, 15) is 12.8 Å². The van der Waals surface area contributed by atoms with Crippen molar-refractivity contribution in [3.05, 3.63) is 35.6 Å². The smallest absolute Gasteiger partial charge is 0.222 e. The zero-order chi connectivity index (χ0) is 21.2. The summed E-state index contributed by atoms with van der Waals surface area (Å²) in [5.41, 5.74) is 6.70. The van der Waals surface area contributed by atoms with Gasteiger partial charge in [0, 0.05) is 24.7 Å². The number of morpholine rings is 1. The molecule has 1 aromatic heterocycles. The van der Waals surface area contributed by atoms with Gasteiger partial charge in [-0.25, -0.2) is 22.5 Å². The lowest BCUT2D eigenvalue weighted by atomic mass is 10.1. The van der Waals surface area contributed by atoms with Crippen LogP contribution in [0.1, 0.15) is 12.5 Å². The highest BCUT2D eigenvalue weighted by molar-refractivity contribution is 7.88. The minimum absolute atomic E-state index is 0.0202. The summed E-state index contributed by atoms with van der Waals surface area (Å²) in [4.78, 5) is 10.4. The van der Waals surface area contributed by atoms with Gasteiger partial charge in [-0.15, -0.1) is 0 Å². The van der Waals surface area contributed by atoms with E-state index in [0.717, 1.165) is 6.26 Å². The van der Waals surface area contributed by atoms with Crippen LogP contribution >= 0.6 is 0 Å². The van der Waals surface area contributed by atoms with Gasteiger partial charge in [0.15, 0.2) is 0 Å². The third kappa shape index (κ3) is 5.17. The number of ether oxygens (including phenoxy) is 1. The van der Waals surface area contributed by atoms with Crippen molar-refractivity contribution in [2.24, 2.45) is 0 Å². The Hall–Kier alpha value is -2.81. The lowest BCUT2D eigenvalue weighted by molar-refractivity contribution is 0.0259. The van der Waals surface area contributed by atoms with Gasteiger partial charge in [0.2, 0.25) is 16.0 Å². The van der Waals surface area contributed by atoms with Gasteiger partial charge in [0.1, 0.15) is 17.7 Å². The van der Waals surface area contributed by atoms with Crippen molar-refractivity contribution in [3.8, 4) is 17.3 Å². The maximum atomic E-state index is 14.0. The molecule has 0 saturated carbocycles. The molecule has 154 valence electrons. The largest absolute Gasteiger partial charge is 0.373 e. The van der Waals surface area contributed by atoms with Gasteiger partial charge >= 0.3 is 0 Å². The zero-order valence-electron chi connectivity index (χ0n) is 16.0. The fourth-order valence-electron chi connectivity index (χ4n) is 3.02. The predicted octanol–water partition coefficient (Wildman–Crippen LogP) is 0.879. The second-order valence-electron chi connectivity index (χ2n) is 6.85. The number of nitrogen functional groups attached to an aromatic ring is 1. The standard InChI is InChI=1S/C18H21FN6O3S/c1-11-10-28-14(8-22-29(2,26)27)9-25(11)17-6-16(23-18(21)24-17)12-3-4-13(7-20)15(19)5-12/h3-6,11,14,22H,8-10H2,1-2H3,(H2,21,23,24). The van der Waals surface area contributed by atoms with Crippen molar-refractivity contribution in [2.75, 3.05) is 36.6 Å². The molecule has 0 bridgehead atoms. The summed E-state index contributed by atoms with van der Waals surface area (Å²) in [7, 11) is -3.33. The lowest BCUT2D eigenvalue weighted by Crippen LogP contribution is -2.52. The van der Waals surface area contributed by atoms with Gasteiger partial charge in [-0.05, 0) is 19.1 Å². The Bertz CT molecular complexity index is 1060. The molecule has 0 spiro atoms. The highest BCUT2D eigenvalue weighted by atomic mass is 32.2. The molecule has 9 nitrogen and oxygen atoms in total. The minimum atomic E-state index is -3.33. The molecule has 2 aromatic rings. The van der Waals surface area contributed by atoms with Crippen LogP contribution in [0.25, 0.3) is 11.3 Å². The van der Waals surface area contributed by atoms with Gasteiger partial charge in [0.05, 0.1) is 36.3 Å². The average Bonchev–Trinajstić information content (AvgIpc) is 2.66. The van der Waals surface area contributed by atoms with E-state index >= 15 is 0 Å². The Morgan fingerprint density at radius 3 is 2.83 bits per heavy atom. The SMILES string of the molecule is CC1COC(CNS(C)(=O)=O)CN1c1cc(-c2ccc(C#N)c(F)c2)nc(N)n1. The Morgan fingerprint density at radius 1 is 1.41 bits per heavy atom. The normalized spacial score (nSPS) is 19.7. The van der Waals surface area contributed by atoms with E-state index in [-0.39, 0.29) is 30.2 Å². The van der Waals surface area contributed by atoms with Crippen LogP contribution in [0, 0.1) is 17.1 Å². The van der Waals surface area contributed by atoms with Crippen LogP contribution in [-0.2, 0) is 14.8 Å². The first-order valence-corrected chi connectivity index (χ1v) is 10.7. The molecule has 1 aromatic carbocycles. The number of aromatic nitrogens is 2. The van der Waals surface area contributed by atoms with Gasteiger partial charge in [-0.1, -0.05) is 6.07 Å². The number of benzene rings is 1. The summed E-state index contributed by atoms with van der Waals surface area (Å²) in [5, 5.41) is 8.89. The summed E-state index contributed by atoms with van der Waals surface area (Å²) in [5.74, 6) is -0.0976. The van der Waals surface area contributed by atoms with Gasteiger partial charge < -0.3 is 15.4 Å². The summed E-state index contributed by atoms with van der Waals surface area (Å²) in [6.07, 6.45) is 0.720. The molecule has 0 amide bonds. The third-order valence-electron chi connectivity index (χ3n) is 4.49. The molecule has 1 fully saturated rings. The van der Waals surface area contributed by atoms with Gasteiger partial charge in [-0.3, -0.25) is 0 Å². The van der Waals surface area contributed by atoms with Crippen LogP contribution in [0.5, 0.6) is 0 Å². The van der Waals surface area contributed by atoms with Crippen molar-refractivity contribution in [2.45, 2.75) is 19.1 Å². The van der Waals surface area contributed by atoms with Crippen molar-refractivity contribution in [1.29, 1.82) is 5.26 Å². The fourth-order valence-corrected chi connectivity index (χ4v) is 3.51. The number of rotatable bonds is 5. The first-order valence-electron chi connectivity index (χ1n) is 8.83. The molecule has 2 unspecified atom stereocenters. The average molecular weight is 420 g/mol. The number of nitrogens with zero attached hydrogens (tertiary/aromatic N) is 4. The van der Waals surface area contributed by atoms with Crippen molar-refractivity contribution >= 4 is 21.8 Å². The summed E-state index contributed by atoms with van der Waals surface area (Å²) >= 11 is 0. The van der Waals surface area contributed by atoms with Gasteiger partial charge in [0.25, 0.3) is 0 Å². The number of sulfonamides is 1. The van der Waals surface area contributed by atoms with Crippen LogP contribution < -0.4 is 15.4 Å². The summed E-state index contributed by atoms with van der Waals surface area (Å²) < 4.78 is 44.8. The van der Waals surface area contributed by atoms with E-state index in [1.165, 1.54) is 12.1 Å². The molecule has 0 radical (unpaired) electrons. The van der Waals surface area contributed by atoms with Crippen molar-refractivity contribution in [3.63, 3.8) is 0 Å². The molecule has 2 atom stereocenters. The monoisotopic (exact) mass is 420 g/mol. The number of anilines is 2. The number of nitrogens with two attached hydrogens (primary N) is 1.